The molecule has 0 aliphatic carbocycles. The Morgan fingerprint density at radius 3 is 2.50 bits per heavy atom. The predicted octanol–water partition coefficient (Wildman–Crippen LogP) is 3.29. The molecule has 7 heteroatoms. The number of aromatic nitrogens is 3. The van der Waals surface area contributed by atoms with Crippen LogP contribution in [0.2, 0.25) is 0 Å². The molecule has 0 aliphatic heterocycles. The first-order valence-corrected chi connectivity index (χ1v) is 10.2. The second-order valence-corrected chi connectivity index (χ2v) is 8.13. The van der Waals surface area contributed by atoms with Crippen molar-refractivity contribution in [1.29, 1.82) is 0 Å². The summed E-state index contributed by atoms with van der Waals surface area (Å²) in [5.74, 6) is -0.265. The number of aromatic hydroxyl groups is 1. The lowest BCUT2D eigenvalue weighted by atomic mass is 10.2. The minimum atomic E-state index is -3.55. The summed E-state index contributed by atoms with van der Waals surface area (Å²) in [5.41, 5.74) is 2.05. The van der Waals surface area contributed by atoms with Crippen LogP contribution in [0, 0.1) is 0 Å². The normalized spacial score (nSPS) is 11.6. The summed E-state index contributed by atoms with van der Waals surface area (Å²) >= 11 is 0. The molecule has 136 valence electrons. The summed E-state index contributed by atoms with van der Waals surface area (Å²) in [6.07, 6.45) is 4.89. The van der Waals surface area contributed by atoms with Crippen molar-refractivity contribution in [2.24, 2.45) is 0 Å². The van der Waals surface area contributed by atoms with E-state index in [2.05, 4.69) is 17.2 Å². The maximum Gasteiger partial charge on any atom is 0.182 e. The van der Waals surface area contributed by atoms with Gasteiger partial charge in [0.05, 0.1) is 28.2 Å². The van der Waals surface area contributed by atoms with Gasteiger partial charge in [0.25, 0.3) is 0 Å². The number of phenols is 1. The quantitative estimate of drug-likeness (QED) is 0.689. The van der Waals surface area contributed by atoms with E-state index in [1.165, 1.54) is 6.07 Å². The van der Waals surface area contributed by atoms with E-state index in [4.69, 9.17) is 0 Å². The van der Waals surface area contributed by atoms with Crippen LogP contribution < -0.4 is 0 Å². The molecule has 0 amide bonds. The van der Waals surface area contributed by atoms with Crippen LogP contribution in [0.3, 0.4) is 0 Å². The Hall–Kier alpha value is -2.67. The highest BCUT2D eigenvalue weighted by atomic mass is 32.2. The molecule has 0 atom stereocenters. The van der Waals surface area contributed by atoms with E-state index in [0.717, 1.165) is 30.6 Å². The SMILES string of the molecule is CCCCc1cn(-c2ccc(S(=O)(=O)Cc3ccccc3O)cc2)nn1. The summed E-state index contributed by atoms with van der Waals surface area (Å²) in [5, 5.41) is 18.0. The number of sulfone groups is 1. The molecular formula is C19H21N3O3S. The lowest BCUT2D eigenvalue weighted by molar-refractivity contribution is 0.469. The van der Waals surface area contributed by atoms with Gasteiger partial charge in [-0.3, -0.25) is 0 Å². The molecule has 1 heterocycles. The van der Waals surface area contributed by atoms with E-state index >= 15 is 0 Å². The van der Waals surface area contributed by atoms with Crippen LogP contribution in [0.1, 0.15) is 31.0 Å². The van der Waals surface area contributed by atoms with Gasteiger partial charge in [0, 0.05) is 5.56 Å². The maximum absolute atomic E-state index is 12.6. The monoisotopic (exact) mass is 371 g/mol. The van der Waals surface area contributed by atoms with E-state index < -0.39 is 9.84 Å². The molecule has 0 saturated heterocycles. The topological polar surface area (TPSA) is 85.1 Å². The molecule has 2 aromatic carbocycles. The smallest absolute Gasteiger partial charge is 0.182 e. The highest BCUT2D eigenvalue weighted by Gasteiger charge is 2.17. The van der Waals surface area contributed by atoms with Crippen molar-refractivity contribution in [3.05, 3.63) is 66.0 Å². The molecular weight excluding hydrogens is 350 g/mol. The van der Waals surface area contributed by atoms with Gasteiger partial charge in [0.15, 0.2) is 9.84 Å². The molecule has 0 fully saturated rings. The first kappa shape index (κ1) is 18.1. The fraction of sp³-hybridized carbons (Fsp3) is 0.263. The van der Waals surface area contributed by atoms with Gasteiger partial charge in [-0.15, -0.1) is 5.10 Å². The molecule has 0 bridgehead atoms. The predicted molar refractivity (Wildman–Crippen MR) is 99.0 cm³/mol. The Balaban J connectivity index is 1.78. The molecule has 0 aliphatic rings. The minimum Gasteiger partial charge on any atom is -0.508 e. The van der Waals surface area contributed by atoms with Gasteiger partial charge in [0.2, 0.25) is 0 Å². The highest BCUT2D eigenvalue weighted by Crippen LogP contribution is 2.23. The van der Waals surface area contributed by atoms with Crippen molar-refractivity contribution in [1.82, 2.24) is 15.0 Å². The highest BCUT2D eigenvalue weighted by molar-refractivity contribution is 7.90. The number of aryl methyl sites for hydroxylation is 1. The molecule has 0 spiro atoms. The molecule has 0 saturated carbocycles. The van der Waals surface area contributed by atoms with Gasteiger partial charge in [-0.05, 0) is 43.2 Å². The van der Waals surface area contributed by atoms with Gasteiger partial charge >= 0.3 is 0 Å². The molecule has 0 unspecified atom stereocenters. The number of nitrogens with zero attached hydrogens (tertiary/aromatic N) is 3. The lowest BCUT2D eigenvalue weighted by Crippen LogP contribution is -2.05. The van der Waals surface area contributed by atoms with Crippen molar-refractivity contribution in [3.63, 3.8) is 0 Å². The second-order valence-electron chi connectivity index (χ2n) is 6.14. The minimum absolute atomic E-state index is 0.0186. The van der Waals surface area contributed by atoms with Crippen LogP contribution in [0.15, 0.2) is 59.6 Å². The van der Waals surface area contributed by atoms with E-state index in [9.17, 15) is 13.5 Å². The molecule has 6 nitrogen and oxygen atoms in total. The number of hydrogen-bond acceptors (Lipinski definition) is 5. The molecule has 3 aromatic rings. The first-order chi connectivity index (χ1) is 12.5. The van der Waals surface area contributed by atoms with E-state index in [-0.39, 0.29) is 16.4 Å². The standard InChI is InChI=1S/C19H21N3O3S/c1-2-3-7-16-13-22(21-20-16)17-9-11-18(12-10-17)26(24,25)14-15-6-4-5-8-19(15)23/h4-6,8-13,23H,2-3,7,14H2,1H3. The molecule has 3 rings (SSSR count). The van der Waals surface area contributed by atoms with Gasteiger partial charge in [-0.25, -0.2) is 13.1 Å². The first-order valence-electron chi connectivity index (χ1n) is 8.51. The summed E-state index contributed by atoms with van der Waals surface area (Å²) in [4.78, 5) is 0.204. The van der Waals surface area contributed by atoms with Crippen LogP contribution in [-0.4, -0.2) is 28.5 Å². The zero-order valence-corrected chi connectivity index (χ0v) is 15.4. The van der Waals surface area contributed by atoms with Gasteiger partial charge in [0.1, 0.15) is 5.75 Å². The molecule has 1 N–H and O–H groups in total. The van der Waals surface area contributed by atoms with Crippen molar-refractivity contribution in [3.8, 4) is 11.4 Å². The summed E-state index contributed by atoms with van der Waals surface area (Å²) in [6.45, 7) is 2.12. The van der Waals surface area contributed by atoms with Crippen LogP contribution in [0.25, 0.3) is 5.69 Å². The zero-order chi connectivity index (χ0) is 18.6. The largest absolute Gasteiger partial charge is 0.508 e. The zero-order valence-electron chi connectivity index (χ0n) is 14.5. The Labute approximate surface area is 153 Å². The van der Waals surface area contributed by atoms with Crippen molar-refractivity contribution in [2.75, 3.05) is 0 Å². The van der Waals surface area contributed by atoms with Crippen LogP contribution in [-0.2, 0) is 22.0 Å². The van der Waals surface area contributed by atoms with E-state index in [0.29, 0.717) is 5.56 Å². The van der Waals surface area contributed by atoms with Crippen molar-refractivity contribution < 1.29 is 13.5 Å². The van der Waals surface area contributed by atoms with Gasteiger partial charge < -0.3 is 5.11 Å². The van der Waals surface area contributed by atoms with Crippen LogP contribution >= 0.6 is 0 Å². The Morgan fingerprint density at radius 2 is 1.81 bits per heavy atom. The molecule has 0 radical (unpaired) electrons. The van der Waals surface area contributed by atoms with Crippen LogP contribution in [0.4, 0.5) is 0 Å². The second kappa shape index (κ2) is 7.70. The number of unbranched alkanes of at least 4 members (excludes halogenated alkanes) is 1. The number of para-hydroxylation sites is 1. The average Bonchev–Trinajstić information content (AvgIpc) is 3.11. The third-order valence-electron chi connectivity index (χ3n) is 4.12. The fourth-order valence-electron chi connectivity index (χ4n) is 2.62. The Morgan fingerprint density at radius 1 is 1.08 bits per heavy atom. The summed E-state index contributed by atoms with van der Waals surface area (Å²) in [7, 11) is -3.55. The summed E-state index contributed by atoms with van der Waals surface area (Å²) in [6, 6.07) is 13.0. The lowest BCUT2D eigenvalue weighted by Gasteiger charge is -2.07. The number of rotatable bonds is 7. The van der Waals surface area contributed by atoms with Gasteiger partial charge in [-0.1, -0.05) is 36.8 Å². The van der Waals surface area contributed by atoms with Crippen LogP contribution in [0.5, 0.6) is 5.75 Å². The van der Waals surface area contributed by atoms with Crippen molar-refractivity contribution >= 4 is 9.84 Å². The van der Waals surface area contributed by atoms with Gasteiger partial charge in [-0.2, -0.15) is 0 Å². The Bertz CT molecular complexity index is 979. The Kier molecular flexibility index (Phi) is 5.37. The fourth-order valence-corrected chi connectivity index (χ4v) is 4.00. The van der Waals surface area contributed by atoms with Crippen molar-refractivity contribution in [2.45, 2.75) is 36.8 Å². The number of phenolic OH excluding ortho intramolecular Hbond substituents is 1. The average molecular weight is 371 g/mol. The van der Waals surface area contributed by atoms with E-state index in [1.54, 1.807) is 47.1 Å². The third-order valence-corrected chi connectivity index (χ3v) is 5.81. The maximum atomic E-state index is 12.6. The van der Waals surface area contributed by atoms with E-state index in [1.807, 2.05) is 6.20 Å². The number of benzene rings is 2. The summed E-state index contributed by atoms with van der Waals surface area (Å²) < 4.78 is 26.8. The molecule has 26 heavy (non-hydrogen) atoms. The number of hydrogen-bond donors (Lipinski definition) is 1. The third kappa shape index (κ3) is 4.11. The molecule has 1 aromatic heterocycles.